The van der Waals surface area contributed by atoms with Crippen LogP contribution in [0.15, 0.2) is 43.0 Å². The number of carbonyl (C=O) groups is 2. The zero-order valence-corrected chi connectivity index (χ0v) is 16.4. The fourth-order valence-corrected chi connectivity index (χ4v) is 4.25. The van der Waals surface area contributed by atoms with Crippen LogP contribution in [0.1, 0.15) is 17.5 Å². The van der Waals surface area contributed by atoms with Crippen LogP contribution in [0.3, 0.4) is 0 Å². The molecule has 2 amide bonds. The lowest BCUT2D eigenvalue weighted by Crippen LogP contribution is -2.53. The lowest BCUT2D eigenvalue weighted by atomic mass is 9.90. The summed E-state index contributed by atoms with van der Waals surface area (Å²) in [4.78, 5) is 39.4. The molecule has 0 aromatic carbocycles. The molecule has 2 aromatic rings. The van der Waals surface area contributed by atoms with E-state index in [9.17, 15) is 14.0 Å². The summed E-state index contributed by atoms with van der Waals surface area (Å²) in [6.45, 7) is 2.04. The summed E-state index contributed by atoms with van der Waals surface area (Å²) >= 11 is 0. The van der Waals surface area contributed by atoms with Crippen molar-refractivity contribution in [1.82, 2.24) is 24.7 Å². The first kappa shape index (κ1) is 19.4. The standard InChI is InChI=1S/C21H24FN5O2/c1-25-19-5-8-26(12-16-4-7-24-10-18(16)22)13-17(19)21(29)27(14-20(25)28)11-15-3-2-6-23-9-15/h2-4,6-7,9-10,17,19H,5,8,11-14H2,1H3/t17-,19+/m0/s1. The minimum absolute atomic E-state index is 0.0311. The summed E-state index contributed by atoms with van der Waals surface area (Å²) in [5, 5.41) is 0. The number of rotatable bonds is 4. The second-order valence-corrected chi connectivity index (χ2v) is 7.72. The molecule has 152 valence electrons. The van der Waals surface area contributed by atoms with E-state index in [-0.39, 0.29) is 36.1 Å². The van der Waals surface area contributed by atoms with E-state index in [4.69, 9.17) is 0 Å². The summed E-state index contributed by atoms with van der Waals surface area (Å²) in [5.41, 5.74) is 1.46. The summed E-state index contributed by atoms with van der Waals surface area (Å²) in [5.74, 6) is -0.756. The first-order valence-corrected chi connectivity index (χ1v) is 9.77. The van der Waals surface area contributed by atoms with Crippen LogP contribution in [0.4, 0.5) is 4.39 Å². The SMILES string of the molecule is CN1C(=O)CN(Cc2cccnc2)C(=O)[C@H]2CN(Cc3ccncc3F)CC[C@H]21. The Kier molecular flexibility index (Phi) is 5.53. The lowest BCUT2D eigenvalue weighted by molar-refractivity contribution is -0.138. The largest absolute Gasteiger partial charge is 0.340 e. The van der Waals surface area contributed by atoms with Crippen LogP contribution >= 0.6 is 0 Å². The van der Waals surface area contributed by atoms with E-state index in [0.717, 1.165) is 5.56 Å². The van der Waals surface area contributed by atoms with Gasteiger partial charge in [-0.1, -0.05) is 6.07 Å². The molecule has 2 aromatic heterocycles. The third-order valence-corrected chi connectivity index (χ3v) is 5.85. The first-order chi connectivity index (χ1) is 14.0. The molecule has 0 aliphatic carbocycles. The van der Waals surface area contributed by atoms with Crippen molar-refractivity contribution in [3.8, 4) is 0 Å². The van der Waals surface area contributed by atoms with Crippen molar-refractivity contribution in [2.45, 2.75) is 25.6 Å². The van der Waals surface area contributed by atoms with Crippen LogP contribution in [0, 0.1) is 11.7 Å². The van der Waals surface area contributed by atoms with Gasteiger partial charge in [-0.2, -0.15) is 0 Å². The third-order valence-electron chi connectivity index (χ3n) is 5.85. The molecule has 2 saturated heterocycles. The summed E-state index contributed by atoms with van der Waals surface area (Å²) in [7, 11) is 1.78. The average Bonchev–Trinajstić information content (AvgIpc) is 2.82. The maximum Gasteiger partial charge on any atom is 0.242 e. The zero-order chi connectivity index (χ0) is 20.4. The number of fused-ring (bicyclic) bond motifs is 1. The number of likely N-dealkylation sites (N-methyl/N-ethyl adjacent to an activating group) is 1. The Labute approximate surface area is 169 Å². The molecule has 0 unspecified atom stereocenters. The highest BCUT2D eigenvalue weighted by atomic mass is 19.1. The predicted molar refractivity (Wildman–Crippen MR) is 104 cm³/mol. The van der Waals surface area contributed by atoms with Crippen LogP contribution in [-0.4, -0.2) is 69.2 Å². The van der Waals surface area contributed by atoms with Gasteiger partial charge in [-0.25, -0.2) is 4.39 Å². The number of pyridine rings is 2. The summed E-state index contributed by atoms with van der Waals surface area (Å²) in [6.07, 6.45) is 6.86. The number of piperidine rings is 1. The Hall–Kier alpha value is -2.87. The second-order valence-electron chi connectivity index (χ2n) is 7.72. The summed E-state index contributed by atoms with van der Waals surface area (Å²) in [6, 6.07) is 5.25. The first-order valence-electron chi connectivity index (χ1n) is 9.77. The van der Waals surface area contributed by atoms with Gasteiger partial charge < -0.3 is 9.80 Å². The van der Waals surface area contributed by atoms with Gasteiger partial charge in [-0.3, -0.25) is 24.5 Å². The third kappa shape index (κ3) is 4.12. The molecular formula is C21H24FN5O2. The monoisotopic (exact) mass is 397 g/mol. The zero-order valence-electron chi connectivity index (χ0n) is 16.4. The van der Waals surface area contributed by atoms with E-state index in [1.54, 1.807) is 41.5 Å². The Bertz CT molecular complexity index is 894. The smallest absolute Gasteiger partial charge is 0.242 e. The van der Waals surface area contributed by atoms with Gasteiger partial charge in [0.05, 0.1) is 12.1 Å². The second kappa shape index (κ2) is 8.24. The summed E-state index contributed by atoms with van der Waals surface area (Å²) < 4.78 is 14.0. The van der Waals surface area contributed by atoms with Crippen molar-refractivity contribution in [1.29, 1.82) is 0 Å². The molecule has 2 fully saturated rings. The number of carbonyl (C=O) groups excluding carboxylic acids is 2. The van der Waals surface area contributed by atoms with E-state index in [0.29, 0.717) is 38.2 Å². The van der Waals surface area contributed by atoms with Crippen molar-refractivity contribution in [3.63, 3.8) is 0 Å². The highest BCUT2D eigenvalue weighted by molar-refractivity contribution is 5.89. The van der Waals surface area contributed by atoms with Gasteiger partial charge in [-0.15, -0.1) is 0 Å². The van der Waals surface area contributed by atoms with Crippen molar-refractivity contribution < 1.29 is 14.0 Å². The molecule has 0 saturated carbocycles. The number of aromatic nitrogens is 2. The predicted octanol–water partition coefficient (Wildman–Crippen LogP) is 1.31. The van der Waals surface area contributed by atoms with E-state index in [1.165, 1.54) is 6.20 Å². The Morgan fingerprint density at radius 3 is 2.72 bits per heavy atom. The van der Waals surface area contributed by atoms with Gasteiger partial charge in [0.2, 0.25) is 11.8 Å². The molecule has 0 bridgehead atoms. The van der Waals surface area contributed by atoms with Crippen molar-refractivity contribution in [2.24, 2.45) is 5.92 Å². The number of amides is 2. The molecular weight excluding hydrogens is 373 g/mol. The Morgan fingerprint density at radius 2 is 1.97 bits per heavy atom. The van der Waals surface area contributed by atoms with Crippen LogP contribution in [0.25, 0.3) is 0 Å². The average molecular weight is 397 g/mol. The molecule has 29 heavy (non-hydrogen) atoms. The van der Waals surface area contributed by atoms with Crippen LogP contribution in [0.2, 0.25) is 0 Å². The van der Waals surface area contributed by atoms with Crippen LogP contribution in [-0.2, 0) is 22.7 Å². The fraction of sp³-hybridized carbons (Fsp3) is 0.429. The molecule has 4 heterocycles. The van der Waals surface area contributed by atoms with E-state index < -0.39 is 0 Å². The Morgan fingerprint density at radius 1 is 1.14 bits per heavy atom. The molecule has 2 atom stereocenters. The number of likely N-dealkylation sites (tertiary alicyclic amines) is 1. The topological polar surface area (TPSA) is 69.6 Å². The van der Waals surface area contributed by atoms with E-state index in [2.05, 4.69) is 14.9 Å². The van der Waals surface area contributed by atoms with Crippen molar-refractivity contribution in [3.05, 3.63) is 59.9 Å². The Balaban J connectivity index is 1.53. The van der Waals surface area contributed by atoms with Gasteiger partial charge in [0, 0.05) is 63.4 Å². The molecule has 2 aliphatic rings. The molecule has 0 N–H and O–H groups in total. The van der Waals surface area contributed by atoms with E-state index in [1.807, 2.05) is 12.1 Å². The molecule has 7 nitrogen and oxygen atoms in total. The number of nitrogens with zero attached hydrogens (tertiary/aromatic N) is 5. The van der Waals surface area contributed by atoms with Crippen molar-refractivity contribution >= 4 is 11.8 Å². The van der Waals surface area contributed by atoms with Gasteiger partial charge in [0.15, 0.2) is 0 Å². The van der Waals surface area contributed by atoms with Crippen LogP contribution < -0.4 is 0 Å². The van der Waals surface area contributed by atoms with Crippen molar-refractivity contribution in [2.75, 3.05) is 26.7 Å². The number of hydrogen-bond acceptors (Lipinski definition) is 5. The molecule has 2 aliphatic heterocycles. The lowest BCUT2D eigenvalue weighted by Gasteiger charge is -2.40. The minimum Gasteiger partial charge on any atom is -0.340 e. The maximum atomic E-state index is 14.0. The highest BCUT2D eigenvalue weighted by Crippen LogP contribution is 2.28. The van der Waals surface area contributed by atoms with Gasteiger partial charge >= 0.3 is 0 Å². The normalized spacial score (nSPS) is 23.1. The molecule has 0 radical (unpaired) electrons. The van der Waals surface area contributed by atoms with Crippen LogP contribution in [0.5, 0.6) is 0 Å². The van der Waals surface area contributed by atoms with Gasteiger partial charge in [0.1, 0.15) is 12.4 Å². The highest BCUT2D eigenvalue weighted by Gasteiger charge is 2.43. The molecule has 0 spiro atoms. The quantitative estimate of drug-likeness (QED) is 0.778. The van der Waals surface area contributed by atoms with Gasteiger partial charge in [-0.05, 0) is 24.1 Å². The number of hydrogen-bond donors (Lipinski definition) is 0. The number of halogens is 1. The molecule has 4 rings (SSSR count). The maximum absolute atomic E-state index is 14.0. The fourth-order valence-electron chi connectivity index (χ4n) is 4.25. The van der Waals surface area contributed by atoms with Gasteiger partial charge in [0.25, 0.3) is 0 Å². The van der Waals surface area contributed by atoms with E-state index >= 15 is 0 Å². The molecule has 8 heteroatoms. The minimum atomic E-state index is -0.340.